The van der Waals surface area contributed by atoms with Gasteiger partial charge in [0.2, 0.25) is 5.88 Å². The molecule has 2 aliphatic rings. The third kappa shape index (κ3) is 3.67. The molecule has 0 N–H and O–H groups in total. The van der Waals surface area contributed by atoms with Crippen LogP contribution in [0.2, 0.25) is 0 Å². The van der Waals surface area contributed by atoms with Crippen molar-refractivity contribution in [1.29, 1.82) is 0 Å². The molecule has 2 fully saturated rings. The summed E-state index contributed by atoms with van der Waals surface area (Å²) in [6.45, 7) is 2.40. The summed E-state index contributed by atoms with van der Waals surface area (Å²) in [5.74, 6) is 1.12. The Hall–Kier alpha value is -3.02. The van der Waals surface area contributed by atoms with Gasteiger partial charge in [0, 0.05) is 24.7 Å². The second-order valence-corrected chi connectivity index (χ2v) is 7.87. The Bertz CT molecular complexity index is 955. The number of hydrogen-bond acceptors (Lipinski definition) is 5. The Morgan fingerprint density at radius 1 is 1.07 bits per heavy atom. The van der Waals surface area contributed by atoms with Crippen molar-refractivity contribution in [3.8, 4) is 11.3 Å². The normalized spacial score (nSPS) is 16.8. The first-order chi connectivity index (χ1) is 14.3. The van der Waals surface area contributed by atoms with Gasteiger partial charge in [0.25, 0.3) is 5.91 Å². The predicted octanol–water partition coefficient (Wildman–Crippen LogP) is 4.73. The van der Waals surface area contributed by atoms with Gasteiger partial charge in [-0.25, -0.2) is 0 Å². The molecule has 1 aliphatic carbocycles. The molecule has 150 valence electrons. The molecule has 1 aliphatic heterocycles. The average molecular weight is 391 g/mol. The first kappa shape index (κ1) is 18.0. The summed E-state index contributed by atoms with van der Waals surface area (Å²) in [5.41, 5.74) is 2.82. The summed E-state index contributed by atoms with van der Waals surface area (Å²) in [4.78, 5) is 17.3. The molecule has 5 rings (SSSR count). The lowest BCUT2D eigenvalue weighted by molar-refractivity contribution is 0.0697. The molecule has 0 atom stereocenters. The molecule has 0 unspecified atom stereocenters. The number of piperidine rings is 1. The van der Waals surface area contributed by atoms with Crippen molar-refractivity contribution in [3.05, 3.63) is 60.1 Å². The van der Waals surface area contributed by atoms with Crippen LogP contribution in [0.3, 0.4) is 0 Å². The molecule has 6 heteroatoms. The second kappa shape index (κ2) is 7.78. The lowest BCUT2D eigenvalue weighted by atomic mass is 10.1. The van der Waals surface area contributed by atoms with Gasteiger partial charge in [-0.3, -0.25) is 4.79 Å². The van der Waals surface area contributed by atoms with E-state index in [1.807, 2.05) is 35.2 Å². The van der Waals surface area contributed by atoms with Crippen molar-refractivity contribution in [3.63, 3.8) is 0 Å². The molecule has 3 aromatic rings. The van der Waals surface area contributed by atoms with Crippen LogP contribution in [0.15, 0.2) is 57.7 Å². The lowest BCUT2D eigenvalue weighted by Crippen LogP contribution is -2.34. The quantitative estimate of drug-likeness (QED) is 0.608. The smallest absolute Gasteiger partial charge is 0.290 e. The third-order valence-electron chi connectivity index (χ3n) is 5.77. The van der Waals surface area contributed by atoms with Gasteiger partial charge >= 0.3 is 0 Å². The minimum Gasteiger partial charge on any atom is -0.459 e. The minimum absolute atomic E-state index is 0.0673. The van der Waals surface area contributed by atoms with E-state index in [1.54, 1.807) is 18.4 Å². The monoisotopic (exact) mass is 391 g/mol. The summed E-state index contributed by atoms with van der Waals surface area (Å²) >= 11 is 0. The number of anilines is 1. The summed E-state index contributed by atoms with van der Waals surface area (Å²) < 4.78 is 11.3. The second-order valence-electron chi connectivity index (χ2n) is 7.87. The molecular formula is C23H25N3O3. The highest BCUT2D eigenvalue weighted by Gasteiger charge is 2.36. The van der Waals surface area contributed by atoms with Gasteiger partial charge in [-0.15, -0.1) is 0 Å². The lowest BCUT2D eigenvalue weighted by Gasteiger charge is -2.28. The Morgan fingerprint density at radius 3 is 2.55 bits per heavy atom. The van der Waals surface area contributed by atoms with E-state index in [9.17, 15) is 4.79 Å². The standard InChI is InChI=1S/C23H25N3O3/c27-22(20-10-7-15-28-20)26(18-11-12-18)16-19-21(17-8-3-1-4-9-17)24-29-23(19)25-13-5-2-6-14-25/h1,3-4,7-10,15,18H,2,5-6,11-14,16H2. The van der Waals surface area contributed by atoms with Crippen LogP contribution in [-0.4, -0.2) is 35.1 Å². The molecule has 1 saturated heterocycles. The van der Waals surface area contributed by atoms with Crippen LogP contribution in [-0.2, 0) is 6.54 Å². The Kier molecular flexibility index (Phi) is 4.84. The van der Waals surface area contributed by atoms with Crippen LogP contribution >= 0.6 is 0 Å². The van der Waals surface area contributed by atoms with Gasteiger partial charge in [0.1, 0.15) is 5.69 Å². The summed E-state index contributed by atoms with van der Waals surface area (Å²) in [6, 6.07) is 13.8. The molecule has 0 spiro atoms. The molecular weight excluding hydrogens is 366 g/mol. The number of amides is 1. The molecule has 1 saturated carbocycles. The van der Waals surface area contributed by atoms with Crippen molar-refractivity contribution in [1.82, 2.24) is 10.1 Å². The summed E-state index contributed by atoms with van der Waals surface area (Å²) in [6.07, 6.45) is 7.15. The predicted molar refractivity (Wildman–Crippen MR) is 110 cm³/mol. The molecule has 6 nitrogen and oxygen atoms in total. The average Bonchev–Trinajstić information content (AvgIpc) is 3.29. The van der Waals surface area contributed by atoms with E-state index < -0.39 is 0 Å². The Morgan fingerprint density at radius 2 is 1.86 bits per heavy atom. The molecule has 1 aromatic carbocycles. The third-order valence-corrected chi connectivity index (χ3v) is 5.77. The largest absolute Gasteiger partial charge is 0.459 e. The van der Waals surface area contributed by atoms with Gasteiger partial charge in [-0.1, -0.05) is 35.5 Å². The molecule has 0 radical (unpaired) electrons. The fraction of sp³-hybridized carbons (Fsp3) is 0.391. The molecule has 2 aromatic heterocycles. The maximum Gasteiger partial charge on any atom is 0.290 e. The van der Waals surface area contributed by atoms with Gasteiger partial charge in [0.15, 0.2) is 5.76 Å². The molecule has 1 amide bonds. The van der Waals surface area contributed by atoms with Crippen molar-refractivity contribution >= 4 is 11.8 Å². The van der Waals surface area contributed by atoms with E-state index in [2.05, 4.69) is 10.1 Å². The number of aromatic nitrogens is 1. The highest BCUT2D eigenvalue weighted by molar-refractivity contribution is 5.92. The Balaban J connectivity index is 1.52. The van der Waals surface area contributed by atoms with Gasteiger partial charge in [0.05, 0.1) is 18.4 Å². The zero-order chi connectivity index (χ0) is 19.6. The van der Waals surface area contributed by atoms with Crippen LogP contribution in [0.5, 0.6) is 0 Å². The number of nitrogens with zero attached hydrogens (tertiary/aromatic N) is 3. The van der Waals surface area contributed by atoms with Crippen molar-refractivity contribution in [2.24, 2.45) is 0 Å². The minimum atomic E-state index is -0.0673. The van der Waals surface area contributed by atoms with E-state index in [-0.39, 0.29) is 11.9 Å². The van der Waals surface area contributed by atoms with Gasteiger partial charge in [-0.2, -0.15) is 0 Å². The molecule has 29 heavy (non-hydrogen) atoms. The topological polar surface area (TPSA) is 62.7 Å². The molecule has 0 bridgehead atoms. The van der Waals surface area contributed by atoms with E-state index in [0.717, 1.165) is 61.5 Å². The van der Waals surface area contributed by atoms with Crippen LogP contribution < -0.4 is 4.90 Å². The van der Waals surface area contributed by atoms with Crippen LogP contribution in [0.1, 0.15) is 48.2 Å². The molecule has 3 heterocycles. The number of rotatable bonds is 6. The van der Waals surface area contributed by atoms with Crippen LogP contribution in [0.25, 0.3) is 11.3 Å². The van der Waals surface area contributed by atoms with Crippen molar-refractivity contribution in [2.45, 2.75) is 44.7 Å². The van der Waals surface area contributed by atoms with Gasteiger partial charge < -0.3 is 18.7 Å². The highest BCUT2D eigenvalue weighted by Crippen LogP contribution is 2.37. The number of hydrogen-bond donors (Lipinski definition) is 0. The summed E-state index contributed by atoms with van der Waals surface area (Å²) in [5, 5.41) is 4.44. The number of carbonyl (C=O) groups is 1. The van der Waals surface area contributed by atoms with E-state index in [4.69, 9.17) is 8.94 Å². The number of carbonyl (C=O) groups excluding carboxylic acids is 1. The van der Waals surface area contributed by atoms with E-state index in [1.165, 1.54) is 6.42 Å². The van der Waals surface area contributed by atoms with Crippen LogP contribution in [0, 0.1) is 0 Å². The zero-order valence-electron chi connectivity index (χ0n) is 16.4. The first-order valence-corrected chi connectivity index (χ1v) is 10.4. The maximum absolute atomic E-state index is 13.1. The number of benzene rings is 1. The number of furan rings is 1. The highest BCUT2D eigenvalue weighted by atomic mass is 16.5. The fourth-order valence-electron chi connectivity index (χ4n) is 4.08. The zero-order valence-corrected chi connectivity index (χ0v) is 16.4. The van der Waals surface area contributed by atoms with Gasteiger partial charge in [-0.05, 0) is 44.2 Å². The van der Waals surface area contributed by atoms with Crippen LogP contribution in [0.4, 0.5) is 5.88 Å². The fourth-order valence-corrected chi connectivity index (χ4v) is 4.08. The Labute approximate surface area is 170 Å². The van der Waals surface area contributed by atoms with E-state index >= 15 is 0 Å². The first-order valence-electron chi connectivity index (χ1n) is 10.4. The van der Waals surface area contributed by atoms with Crippen molar-refractivity contribution in [2.75, 3.05) is 18.0 Å². The maximum atomic E-state index is 13.1. The summed E-state index contributed by atoms with van der Waals surface area (Å²) in [7, 11) is 0. The SMILES string of the molecule is O=C(c1ccco1)N(Cc1c(-c2ccccc2)noc1N1CCCCC1)C1CC1. The van der Waals surface area contributed by atoms with E-state index in [0.29, 0.717) is 12.3 Å². The van der Waals surface area contributed by atoms with Crippen molar-refractivity contribution < 1.29 is 13.7 Å².